The molecule has 3 nitrogen and oxygen atoms in total. The van der Waals surface area contributed by atoms with Crippen LogP contribution in [0.4, 0.5) is 0 Å². The van der Waals surface area contributed by atoms with Crippen LogP contribution in [0, 0.1) is 0 Å². The highest BCUT2D eigenvalue weighted by molar-refractivity contribution is 6.10. The van der Waals surface area contributed by atoms with Crippen LogP contribution < -0.4 is 0 Å². The van der Waals surface area contributed by atoms with Gasteiger partial charge in [0.1, 0.15) is 5.82 Å². The maximum Gasteiger partial charge on any atom is 0.137 e. The number of aliphatic imine (C=N–C) groups is 1. The molecule has 0 atom stereocenters. The molecule has 0 aliphatic carbocycles. The standard InChI is InChI=1S/C33H23N3/c1-3-8-24-16-26(14-12-22(24)6-1)30-19-31(34-20-30)27-10-5-11-29(18-27)33-35-21-32(36-33)28-15-13-23-7-2-4-9-25(23)17-28/h1-18,20-21H,19H2,(H,35,36). The molecule has 0 amide bonds. The summed E-state index contributed by atoms with van der Waals surface area (Å²) in [5.74, 6) is 0.862. The van der Waals surface area contributed by atoms with E-state index in [-0.39, 0.29) is 0 Å². The number of nitrogens with one attached hydrogen (secondary N) is 1. The number of rotatable bonds is 4. The number of nitrogens with zero attached hydrogens (tertiary/aromatic N) is 2. The molecule has 1 aliphatic heterocycles. The minimum atomic E-state index is 0.822. The Hall–Kier alpha value is -4.76. The first-order chi connectivity index (χ1) is 17.8. The second-order valence-corrected chi connectivity index (χ2v) is 9.26. The Morgan fingerprint density at radius 2 is 1.22 bits per heavy atom. The summed E-state index contributed by atoms with van der Waals surface area (Å²) < 4.78 is 0. The molecule has 6 aromatic rings. The Morgan fingerprint density at radius 1 is 0.556 bits per heavy atom. The first-order valence-corrected chi connectivity index (χ1v) is 12.2. The van der Waals surface area contributed by atoms with Crippen molar-refractivity contribution in [3.63, 3.8) is 0 Å². The Balaban J connectivity index is 1.13. The number of hydrogen-bond donors (Lipinski definition) is 1. The number of hydrogen-bond acceptors (Lipinski definition) is 2. The first-order valence-electron chi connectivity index (χ1n) is 12.2. The highest BCUT2D eigenvalue weighted by atomic mass is 14.9. The Morgan fingerprint density at radius 3 is 2.00 bits per heavy atom. The molecule has 36 heavy (non-hydrogen) atoms. The fourth-order valence-electron chi connectivity index (χ4n) is 4.99. The second kappa shape index (κ2) is 8.47. The third-order valence-corrected chi connectivity index (χ3v) is 6.96. The summed E-state index contributed by atoms with van der Waals surface area (Å²) in [6.07, 6.45) is 4.75. The molecule has 0 bridgehead atoms. The molecule has 2 heterocycles. The fraction of sp³-hybridized carbons (Fsp3) is 0.0303. The fourth-order valence-corrected chi connectivity index (χ4v) is 4.99. The van der Waals surface area contributed by atoms with Crippen LogP contribution in [-0.4, -0.2) is 15.7 Å². The van der Waals surface area contributed by atoms with Crippen molar-refractivity contribution in [2.24, 2.45) is 4.99 Å². The van der Waals surface area contributed by atoms with E-state index in [9.17, 15) is 0 Å². The molecule has 0 unspecified atom stereocenters. The maximum atomic E-state index is 4.78. The molecule has 0 saturated carbocycles. The number of H-pyrrole nitrogens is 1. The first kappa shape index (κ1) is 20.6. The number of imidazole rings is 1. The largest absolute Gasteiger partial charge is 0.338 e. The molecule has 7 rings (SSSR count). The van der Waals surface area contributed by atoms with Gasteiger partial charge in [0.25, 0.3) is 0 Å². The van der Waals surface area contributed by atoms with Gasteiger partial charge in [-0.2, -0.15) is 0 Å². The van der Waals surface area contributed by atoms with Gasteiger partial charge in [-0.25, -0.2) is 4.98 Å². The SMILES string of the molecule is C1=C(c2ccc3ccccc3c2)CC(c2cccc(-c3ncc(-c4ccc5ccccc5c4)[nH]3)c2)=N1. The lowest BCUT2D eigenvalue weighted by atomic mass is 9.96. The molecule has 1 N–H and O–H groups in total. The average Bonchev–Trinajstić information content (AvgIpc) is 3.64. The molecule has 0 spiro atoms. The Labute approximate surface area is 209 Å². The maximum absolute atomic E-state index is 4.78. The van der Waals surface area contributed by atoms with Crippen LogP contribution in [-0.2, 0) is 0 Å². The van der Waals surface area contributed by atoms with Crippen LogP contribution >= 0.6 is 0 Å². The van der Waals surface area contributed by atoms with E-state index in [1.165, 1.54) is 32.7 Å². The number of aromatic nitrogens is 2. The lowest BCUT2D eigenvalue weighted by molar-refractivity contribution is 1.31. The molecule has 1 aliphatic rings. The third kappa shape index (κ3) is 3.71. The highest BCUT2D eigenvalue weighted by Crippen LogP contribution is 2.30. The zero-order chi connectivity index (χ0) is 23.9. The van der Waals surface area contributed by atoms with E-state index in [2.05, 4.69) is 114 Å². The van der Waals surface area contributed by atoms with Gasteiger partial charge in [-0.1, -0.05) is 91.0 Å². The zero-order valence-corrected chi connectivity index (χ0v) is 19.6. The van der Waals surface area contributed by atoms with Gasteiger partial charge in [-0.15, -0.1) is 0 Å². The predicted molar refractivity (Wildman–Crippen MR) is 150 cm³/mol. The van der Waals surface area contributed by atoms with Crippen molar-refractivity contribution in [1.29, 1.82) is 0 Å². The summed E-state index contributed by atoms with van der Waals surface area (Å²) in [5.41, 5.74) is 7.89. The number of aromatic amines is 1. The van der Waals surface area contributed by atoms with Gasteiger partial charge in [0.05, 0.1) is 17.6 Å². The molecule has 0 fully saturated rings. The molecule has 0 radical (unpaired) electrons. The molecule has 0 saturated heterocycles. The second-order valence-electron chi connectivity index (χ2n) is 9.26. The number of allylic oxidation sites excluding steroid dienone is 1. The van der Waals surface area contributed by atoms with Crippen LogP contribution in [0.3, 0.4) is 0 Å². The minimum Gasteiger partial charge on any atom is -0.338 e. The minimum absolute atomic E-state index is 0.822. The van der Waals surface area contributed by atoms with Gasteiger partial charge >= 0.3 is 0 Å². The van der Waals surface area contributed by atoms with Crippen LogP contribution in [0.2, 0.25) is 0 Å². The van der Waals surface area contributed by atoms with Gasteiger partial charge in [-0.3, -0.25) is 4.99 Å². The Bertz CT molecular complexity index is 1820. The average molecular weight is 462 g/mol. The monoisotopic (exact) mass is 461 g/mol. The van der Waals surface area contributed by atoms with Crippen LogP contribution in [0.25, 0.3) is 49.8 Å². The van der Waals surface area contributed by atoms with Crippen molar-refractivity contribution in [3.05, 3.63) is 133 Å². The van der Waals surface area contributed by atoms with E-state index in [0.29, 0.717) is 0 Å². The van der Waals surface area contributed by atoms with Crippen molar-refractivity contribution >= 4 is 32.8 Å². The van der Waals surface area contributed by atoms with E-state index in [1.807, 2.05) is 12.4 Å². The van der Waals surface area contributed by atoms with E-state index in [1.54, 1.807) is 0 Å². The molecule has 3 heteroatoms. The van der Waals surface area contributed by atoms with Crippen molar-refractivity contribution < 1.29 is 0 Å². The molecular weight excluding hydrogens is 438 g/mol. The molecular formula is C33H23N3. The predicted octanol–water partition coefficient (Wildman–Crippen LogP) is 8.28. The van der Waals surface area contributed by atoms with Crippen LogP contribution in [0.1, 0.15) is 17.5 Å². The van der Waals surface area contributed by atoms with E-state index in [0.717, 1.165) is 40.3 Å². The van der Waals surface area contributed by atoms with Crippen molar-refractivity contribution in [2.45, 2.75) is 6.42 Å². The summed E-state index contributed by atoms with van der Waals surface area (Å²) in [7, 11) is 0. The number of benzene rings is 5. The zero-order valence-electron chi connectivity index (χ0n) is 19.6. The van der Waals surface area contributed by atoms with Crippen LogP contribution in [0.15, 0.2) is 127 Å². The van der Waals surface area contributed by atoms with Crippen molar-refractivity contribution in [3.8, 4) is 22.6 Å². The third-order valence-electron chi connectivity index (χ3n) is 6.96. The van der Waals surface area contributed by atoms with Gasteiger partial charge < -0.3 is 4.98 Å². The van der Waals surface area contributed by atoms with Gasteiger partial charge in [0.2, 0.25) is 0 Å². The van der Waals surface area contributed by atoms with Gasteiger partial charge in [0, 0.05) is 23.7 Å². The number of fused-ring (bicyclic) bond motifs is 2. The summed E-state index contributed by atoms with van der Waals surface area (Å²) in [6, 6.07) is 38.5. The quantitative estimate of drug-likeness (QED) is 0.282. The smallest absolute Gasteiger partial charge is 0.137 e. The highest BCUT2D eigenvalue weighted by Gasteiger charge is 2.16. The summed E-state index contributed by atoms with van der Waals surface area (Å²) in [6.45, 7) is 0. The van der Waals surface area contributed by atoms with Crippen LogP contribution in [0.5, 0.6) is 0 Å². The van der Waals surface area contributed by atoms with Gasteiger partial charge in [-0.05, 0) is 56.4 Å². The molecule has 170 valence electrons. The lowest BCUT2D eigenvalue weighted by Gasteiger charge is -2.07. The molecule has 5 aromatic carbocycles. The topological polar surface area (TPSA) is 41.0 Å². The lowest BCUT2D eigenvalue weighted by Crippen LogP contribution is -1.99. The van der Waals surface area contributed by atoms with Crippen molar-refractivity contribution in [2.75, 3.05) is 0 Å². The van der Waals surface area contributed by atoms with E-state index >= 15 is 0 Å². The Kier molecular flexibility index (Phi) is 4.85. The summed E-state index contributed by atoms with van der Waals surface area (Å²) >= 11 is 0. The van der Waals surface area contributed by atoms with Crippen molar-refractivity contribution in [1.82, 2.24) is 9.97 Å². The van der Waals surface area contributed by atoms with E-state index in [4.69, 9.17) is 9.98 Å². The normalized spacial score (nSPS) is 13.2. The summed E-state index contributed by atoms with van der Waals surface area (Å²) in [5, 5.41) is 4.98. The van der Waals surface area contributed by atoms with Gasteiger partial charge in [0.15, 0.2) is 0 Å². The summed E-state index contributed by atoms with van der Waals surface area (Å²) in [4.78, 5) is 13.0. The van der Waals surface area contributed by atoms with E-state index < -0.39 is 0 Å². The molecule has 1 aromatic heterocycles.